The Kier molecular flexibility index (Phi) is 13.1. The molecule has 0 bridgehead atoms. The number of esters is 1. The van der Waals surface area contributed by atoms with E-state index < -0.39 is 72.0 Å². The lowest BCUT2D eigenvalue weighted by atomic mass is 9.73. The molecule has 6 heterocycles. The first-order valence-electron chi connectivity index (χ1n) is 20.9. The first-order valence-corrected chi connectivity index (χ1v) is 21.7. The minimum Gasteiger partial charge on any atom is -0.493 e. The van der Waals surface area contributed by atoms with Crippen molar-refractivity contribution >= 4 is 57.2 Å². The molecule has 67 heavy (non-hydrogen) atoms. The molecule has 2 unspecified atom stereocenters. The van der Waals surface area contributed by atoms with E-state index in [4.69, 9.17) is 37.8 Å². The van der Waals surface area contributed by atoms with E-state index in [0.717, 1.165) is 11.1 Å². The molecule has 4 aromatic heterocycles. The smallest absolute Gasteiger partial charge is 0.417 e. The van der Waals surface area contributed by atoms with E-state index in [2.05, 4.69) is 24.7 Å². The molecule has 2 atom stereocenters. The van der Waals surface area contributed by atoms with Gasteiger partial charge in [0.15, 0.2) is 11.2 Å². The molecule has 5 N–H and O–H groups in total. The number of rotatable bonds is 12. The molecule has 0 radical (unpaired) electrons. The summed E-state index contributed by atoms with van der Waals surface area (Å²) in [7, 11) is 1.21. The van der Waals surface area contributed by atoms with E-state index in [1.807, 2.05) is 0 Å². The zero-order valence-corrected chi connectivity index (χ0v) is 38.2. The van der Waals surface area contributed by atoms with Crippen LogP contribution in [-0.4, -0.2) is 91.1 Å². The maximum absolute atomic E-state index is 14.3. The van der Waals surface area contributed by atoms with Crippen molar-refractivity contribution in [2.24, 2.45) is 0 Å². The number of nitrogens with zero attached hydrogens (tertiary/aromatic N) is 2. The van der Waals surface area contributed by atoms with Crippen molar-refractivity contribution in [1.29, 1.82) is 0 Å². The SMILES string of the molecule is CC(C)(CC(O)(Cc1cc2nc(C(=O)O)ccc2[nH]1)C(F)(F)F)c1cc(Cl)cc2c1OCC2.COC(=O)c1ccc2[nH]c(CC(O)(CC(C)(C)c3cc(Cl)cc4c3OCC4)C(F)(F)F)cc2n1. The number of halogens is 8. The number of aliphatic hydroxyl groups is 2. The number of methoxy groups -OCH3 is 1. The van der Waals surface area contributed by atoms with Crippen LogP contribution in [0.3, 0.4) is 0 Å². The molecule has 2 aliphatic heterocycles. The number of fused-ring (bicyclic) bond motifs is 4. The van der Waals surface area contributed by atoms with Crippen molar-refractivity contribution in [3.05, 3.63) is 116 Å². The highest BCUT2D eigenvalue weighted by atomic mass is 35.5. The number of carbonyl (C=O) groups excluding carboxylic acids is 1. The van der Waals surface area contributed by atoms with E-state index in [9.17, 15) is 46.1 Å². The van der Waals surface area contributed by atoms with Gasteiger partial charge in [-0.25, -0.2) is 19.6 Å². The Balaban J connectivity index is 0.000000199. The number of carbonyl (C=O) groups is 2. The first kappa shape index (κ1) is 49.3. The molecular formula is C47H46Cl2F6N4O8. The summed E-state index contributed by atoms with van der Waals surface area (Å²) in [6.07, 6.45) is -11.4. The van der Waals surface area contributed by atoms with Crippen molar-refractivity contribution in [1.82, 2.24) is 19.9 Å². The number of aromatic carboxylic acids is 1. The average molecular weight is 980 g/mol. The number of pyridine rings is 2. The van der Waals surface area contributed by atoms with Gasteiger partial charge in [0, 0.05) is 58.2 Å². The van der Waals surface area contributed by atoms with Gasteiger partial charge >= 0.3 is 24.3 Å². The molecular weight excluding hydrogens is 933 g/mol. The number of hydrogen-bond acceptors (Lipinski definition) is 9. The molecule has 6 aromatic rings. The van der Waals surface area contributed by atoms with E-state index in [-0.39, 0.29) is 28.3 Å². The highest BCUT2D eigenvalue weighted by Gasteiger charge is 2.57. The average Bonchev–Trinajstić information content (AvgIpc) is 4.04. The Hall–Kier alpha value is -5.56. The van der Waals surface area contributed by atoms with Gasteiger partial charge in [0.25, 0.3) is 0 Å². The number of H-pyrrole nitrogens is 2. The van der Waals surface area contributed by atoms with Gasteiger partial charge in [0.2, 0.25) is 0 Å². The lowest BCUT2D eigenvalue weighted by molar-refractivity contribution is -0.266. The minimum atomic E-state index is -4.94. The number of nitrogens with one attached hydrogen (secondary N) is 2. The van der Waals surface area contributed by atoms with Gasteiger partial charge in [-0.05, 0) is 95.5 Å². The van der Waals surface area contributed by atoms with Crippen LogP contribution < -0.4 is 9.47 Å². The molecule has 20 heteroatoms. The number of ether oxygens (including phenoxy) is 3. The molecule has 358 valence electrons. The van der Waals surface area contributed by atoms with Gasteiger partial charge < -0.3 is 39.5 Å². The van der Waals surface area contributed by atoms with Crippen molar-refractivity contribution in [3.8, 4) is 11.5 Å². The Morgan fingerprint density at radius 2 is 1.07 bits per heavy atom. The van der Waals surface area contributed by atoms with E-state index in [0.29, 0.717) is 75.3 Å². The Labute approximate surface area is 389 Å². The van der Waals surface area contributed by atoms with Crippen molar-refractivity contribution in [2.45, 2.75) is 101 Å². The second-order valence-corrected chi connectivity index (χ2v) is 19.1. The second kappa shape index (κ2) is 17.8. The standard InChI is InChI=1S/C24H24ClF3N2O4.C23H22ClF3N2O4/c1-22(2,16-9-14(25)8-13-6-7-34-20(13)16)12-23(32,24(26,27)28)11-15-10-19-17(29-15)4-5-18(30-19)21(31)33-3;1-21(2,15-8-13(24)7-12-5-6-33-19(12)15)11-22(32,23(25,26)27)10-14-9-18-16(28-14)3-4-17(29-18)20(30)31/h4-5,8-10,29,32H,6-7,11-12H2,1-3H3;3-4,7-9,28,32H,5-6,10-11H2,1-2H3,(H,30,31). The second-order valence-electron chi connectivity index (χ2n) is 18.3. The third-order valence-corrected chi connectivity index (χ3v) is 12.6. The molecule has 0 amide bonds. The normalized spacial score (nSPS) is 15.7. The van der Waals surface area contributed by atoms with Crippen LogP contribution in [0.25, 0.3) is 22.1 Å². The monoisotopic (exact) mass is 978 g/mol. The van der Waals surface area contributed by atoms with E-state index in [1.165, 1.54) is 43.5 Å². The molecule has 0 aliphatic carbocycles. The Morgan fingerprint density at radius 1 is 0.672 bits per heavy atom. The van der Waals surface area contributed by atoms with Crippen molar-refractivity contribution < 1.29 is 65.5 Å². The van der Waals surface area contributed by atoms with Gasteiger partial charge in [-0.15, -0.1) is 0 Å². The van der Waals surface area contributed by atoms with Crippen LogP contribution in [0.15, 0.2) is 60.7 Å². The number of aromatic nitrogens is 4. The highest BCUT2D eigenvalue weighted by molar-refractivity contribution is 6.31. The van der Waals surface area contributed by atoms with Crippen LogP contribution in [0.2, 0.25) is 10.0 Å². The molecule has 0 saturated carbocycles. The fourth-order valence-electron chi connectivity index (χ4n) is 9.01. The first-order chi connectivity index (χ1) is 31.1. The Morgan fingerprint density at radius 3 is 1.46 bits per heavy atom. The van der Waals surface area contributed by atoms with Gasteiger partial charge in [-0.2, -0.15) is 26.3 Å². The molecule has 0 fully saturated rings. The van der Waals surface area contributed by atoms with Crippen LogP contribution >= 0.6 is 23.2 Å². The minimum absolute atomic E-state index is 0.0302. The van der Waals surface area contributed by atoms with Gasteiger partial charge in [-0.3, -0.25) is 0 Å². The van der Waals surface area contributed by atoms with Crippen LogP contribution in [0, 0.1) is 0 Å². The number of hydrogen-bond donors (Lipinski definition) is 5. The third kappa shape index (κ3) is 10.2. The number of benzene rings is 2. The van der Waals surface area contributed by atoms with Crippen LogP contribution in [0.4, 0.5) is 26.3 Å². The van der Waals surface area contributed by atoms with Crippen LogP contribution in [0.5, 0.6) is 11.5 Å². The summed E-state index contributed by atoms with van der Waals surface area (Å²) in [6.45, 7) is 7.34. The van der Waals surface area contributed by atoms with Gasteiger partial charge in [0.05, 0.1) is 42.4 Å². The summed E-state index contributed by atoms with van der Waals surface area (Å²) in [5.74, 6) is -0.854. The van der Waals surface area contributed by atoms with Crippen LogP contribution in [0.1, 0.15) is 95.2 Å². The molecule has 2 aromatic carbocycles. The molecule has 8 rings (SSSR count). The zero-order chi connectivity index (χ0) is 49.1. The fraction of sp³-hybridized carbons (Fsp3) is 0.404. The molecule has 0 spiro atoms. The molecule has 2 aliphatic rings. The van der Waals surface area contributed by atoms with Crippen molar-refractivity contribution in [3.63, 3.8) is 0 Å². The Bertz CT molecular complexity index is 2880. The quantitative estimate of drug-likeness (QED) is 0.0585. The zero-order valence-electron chi connectivity index (χ0n) is 36.7. The predicted octanol–water partition coefficient (Wildman–Crippen LogP) is 10.2. The summed E-state index contributed by atoms with van der Waals surface area (Å²) in [6, 6.07) is 15.0. The number of carboxylic acid groups (broad SMARTS) is 1. The lowest BCUT2D eigenvalue weighted by Gasteiger charge is -2.38. The van der Waals surface area contributed by atoms with Gasteiger partial charge in [-0.1, -0.05) is 50.9 Å². The molecule has 0 saturated heterocycles. The maximum Gasteiger partial charge on any atom is 0.417 e. The summed E-state index contributed by atoms with van der Waals surface area (Å²) in [5.41, 5.74) is -4.36. The number of alkyl halides is 6. The topological polar surface area (TPSA) is 180 Å². The predicted molar refractivity (Wildman–Crippen MR) is 236 cm³/mol. The summed E-state index contributed by atoms with van der Waals surface area (Å²) < 4.78 is 101. The fourth-order valence-corrected chi connectivity index (χ4v) is 9.49. The summed E-state index contributed by atoms with van der Waals surface area (Å²) in [5, 5.41) is 31.8. The van der Waals surface area contributed by atoms with Gasteiger partial charge in [0.1, 0.15) is 22.9 Å². The summed E-state index contributed by atoms with van der Waals surface area (Å²) in [4.78, 5) is 36.6. The molecule has 12 nitrogen and oxygen atoms in total. The lowest BCUT2D eigenvalue weighted by Crippen LogP contribution is -2.51. The number of carboxylic acids is 1. The summed E-state index contributed by atoms with van der Waals surface area (Å²) >= 11 is 12.4. The third-order valence-electron chi connectivity index (χ3n) is 12.1. The van der Waals surface area contributed by atoms with E-state index >= 15 is 0 Å². The van der Waals surface area contributed by atoms with E-state index in [1.54, 1.807) is 52.0 Å². The highest BCUT2D eigenvalue weighted by Crippen LogP contribution is 2.49. The van der Waals surface area contributed by atoms with Crippen LogP contribution in [-0.2, 0) is 41.3 Å². The maximum atomic E-state index is 14.3. The largest absolute Gasteiger partial charge is 0.493 e. The number of aromatic amines is 2. The van der Waals surface area contributed by atoms with Crippen molar-refractivity contribution in [2.75, 3.05) is 20.3 Å².